The van der Waals surface area contributed by atoms with E-state index in [0.29, 0.717) is 25.7 Å². The van der Waals surface area contributed by atoms with E-state index in [4.69, 9.17) is 37.0 Å². The Hall–Kier alpha value is -1.94. The summed E-state index contributed by atoms with van der Waals surface area (Å²) in [5, 5.41) is 10.5. The van der Waals surface area contributed by atoms with E-state index in [2.05, 4.69) is 34.6 Å². The highest BCUT2D eigenvalue weighted by molar-refractivity contribution is 7.47. The minimum atomic E-state index is -4.94. The Kier molecular flexibility index (Phi) is 57.4. The van der Waals surface area contributed by atoms with Gasteiger partial charge >= 0.3 is 39.5 Å². The minimum absolute atomic E-state index is 0.105. The molecule has 2 unspecified atom stereocenters. The van der Waals surface area contributed by atoms with E-state index >= 15 is 0 Å². The molecule has 0 spiro atoms. The summed E-state index contributed by atoms with van der Waals surface area (Å²) in [4.78, 5) is 72.1. The van der Waals surface area contributed by atoms with E-state index in [9.17, 15) is 43.2 Å². The van der Waals surface area contributed by atoms with Crippen molar-refractivity contribution < 1.29 is 80.2 Å². The molecule has 0 fully saturated rings. The minimum Gasteiger partial charge on any atom is -0.462 e. The van der Waals surface area contributed by atoms with Crippen molar-refractivity contribution >= 4 is 39.5 Å². The molecule has 0 aliphatic carbocycles. The van der Waals surface area contributed by atoms with E-state index in [1.54, 1.807) is 0 Å². The van der Waals surface area contributed by atoms with E-state index in [-0.39, 0.29) is 25.7 Å². The molecule has 0 radical (unpaired) electrons. The fourth-order valence-electron chi connectivity index (χ4n) is 9.76. The second kappa shape index (κ2) is 58.7. The van der Waals surface area contributed by atoms with Crippen molar-refractivity contribution in [3.63, 3.8) is 0 Å². The fraction of sp³-hybridized carbons (Fsp3) is 0.938. The number of aliphatic hydroxyl groups is 1. The third-order valence-electron chi connectivity index (χ3n) is 15.0. The lowest BCUT2D eigenvalue weighted by molar-refractivity contribution is -0.161. The van der Waals surface area contributed by atoms with Crippen LogP contribution in [-0.2, 0) is 65.4 Å². The first kappa shape index (κ1) is 82.1. The van der Waals surface area contributed by atoms with E-state index in [0.717, 1.165) is 115 Å². The standard InChI is InChI=1S/C65H126O17P2/c1-6-9-12-15-18-20-21-22-23-24-25-26-27-30-36-41-46-51-65(70)82-61(55-76-63(68)49-44-39-35-31-28-29-33-37-42-47-58(4)5)57-80-84(73,74)78-53-59(66)52-77-83(71,72)79-56-60(54-75-62(67)48-43-38-32-17-14-11-8-3)81-64(69)50-45-40-34-19-16-13-10-7-2/h58-61,66H,6-57H2,1-5H3,(H,71,72)(H,73,74)/t59-,60+,61+/m0/s1. The van der Waals surface area contributed by atoms with Crippen LogP contribution in [0.4, 0.5) is 0 Å². The summed E-state index contributed by atoms with van der Waals surface area (Å²) in [5.41, 5.74) is 0. The van der Waals surface area contributed by atoms with E-state index < -0.39 is 97.5 Å². The van der Waals surface area contributed by atoms with Crippen LogP contribution in [0.2, 0.25) is 0 Å². The molecule has 0 saturated heterocycles. The molecule has 0 heterocycles. The van der Waals surface area contributed by atoms with Gasteiger partial charge in [0.05, 0.1) is 26.4 Å². The maximum atomic E-state index is 13.0. The molecule has 0 aliphatic heterocycles. The van der Waals surface area contributed by atoms with Crippen molar-refractivity contribution in [2.75, 3.05) is 39.6 Å². The van der Waals surface area contributed by atoms with Crippen molar-refractivity contribution in [2.24, 2.45) is 5.92 Å². The zero-order valence-electron chi connectivity index (χ0n) is 54.0. The van der Waals surface area contributed by atoms with Gasteiger partial charge in [0, 0.05) is 25.7 Å². The summed E-state index contributed by atoms with van der Waals surface area (Å²) in [5.74, 6) is -1.39. The quantitative estimate of drug-likeness (QED) is 0.0222. The number of phosphoric acid groups is 2. The maximum Gasteiger partial charge on any atom is 0.472 e. The van der Waals surface area contributed by atoms with Crippen LogP contribution in [0.3, 0.4) is 0 Å². The molecule has 0 aromatic heterocycles. The topological polar surface area (TPSA) is 237 Å². The Morgan fingerprint density at radius 1 is 0.321 bits per heavy atom. The second-order valence-electron chi connectivity index (χ2n) is 24.0. The third-order valence-corrected chi connectivity index (χ3v) is 16.9. The first-order valence-electron chi connectivity index (χ1n) is 34.1. The van der Waals surface area contributed by atoms with Gasteiger partial charge in [-0.05, 0) is 31.6 Å². The smallest absolute Gasteiger partial charge is 0.462 e. The lowest BCUT2D eigenvalue weighted by atomic mass is 10.0. The van der Waals surface area contributed by atoms with Crippen molar-refractivity contribution in [2.45, 2.75) is 348 Å². The van der Waals surface area contributed by atoms with Gasteiger partial charge < -0.3 is 33.8 Å². The molecule has 0 aliphatic rings. The molecule has 0 aromatic rings. The number of hydrogen-bond acceptors (Lipinski definition) is 15. The highest BCUT2D eigenvalue weighted by Gasteiger charge is 2.30. The molecule has 0 amide bonds. The highest BCUT2D eigenvalue weighted by atomic mass is 31.2. The predicted molar refractivity (Wildman–Crippen MR) is 335 cm³/mol. The number of phosphoric ester groups is 2. The second-order valence-corrected chi connectivity index (χ2v) is 26.9. The largest absolute Gasteiger partial charge is 0.472 e. The normalized spacial score (nSPS) is 14.2. The molecule has 0 bridgehead atoms. The first-order valence-corrected chi connectivity index (χ1v) is 37.1. The molecule has 3 N–H and O–H groups in total. The number of unbranched alkanes of at least 4 members (excludes halogenated alkanes) is 37. The average molecular weight is 1240 g/mol. The molecule has 5 atom stereocenters. The fourth-order valence-corrected chi connectivity index (χ4v) is 11.3. The summed E-state index contributed by atoms with van der Waals surface area (Å²) in [6.45, 7) is 7.12. The number of hydrogen-bond donors (Lipinski definition) is 3. The molecule has 0 aromatic carbocycles. The number of carbonyl (C=O) groups excluding carboxylic acids is 4. The Labute approximate surface area is 511 Å². The number of carbonyl (C=O) groups is 4. The van der Waals surface area contributed by atoms with Gasteiger partial charge in [-0.1, -0.05) is 279 Å². The molecular formula is C65H126O17P2. The van der Waals surface area contributed by atoms with Crippen molar-refractivity contribution in [1.29, 1.82) is 0 Å². The average Bonchev–Trinajstić information content (AvgIpc) is 3.64. The van der Waals surface area contributed by atoms with Crippen molar-refractivity contribution in [3.05, 3.63) is 0 Å². The Morgan fingerprint density at radius 2 is 0.548 bits per heavy atom. The number of aliphatic hydroxyl groups excluding tert-OH is 1. The monoisotopic (exact) mass is 1240 g/mol. The Balaban J connectivity index is 5.17. The number of ether oxygens (including phenoxy) is 4. The van der Waals surface area contributed by atoms with Crippen LogP contribution in [0.1, 0.15) is 330 Å². The molecule has 0 saturated carbocycles. The van der Waals surface area contributed by atoms with Crippen LogP contribution < -0.4 is 0 Å². The third kappa shape index (κ3) is 59.0. The van der Waals surface area contributed by atoms with Gasteiger partial charge in [0.2, 0.25) is 0 Å². The van der Waals surface area contributed by atoms with Gasteiger partial charge in [-0.15, -0.1) is 0 Å². The number of esters is 4. The Bertz CT molecular complexity index is 1640. The van der Waals surface area contributed by atoms with Crippen LogP contribution >= 0.6 is 15.6 Å². The van der Waals surface area contributed by atoms with Crippen LogP contribution in [0.25, 0.3) is 0 Å². The highest BCUT2D eigenvalue weighted by Crippen LogP contribution is 2.45. The van der Waals surface area contributed by atoms with Gasteiger partial charge in [-0.25, -0.2) is 9.13 Å². The SMILES string of the molecule is CCCCCCCCCCCCCCCCCCCC(=O)O[C@H](COC(=O)CCCCCCCCCCCC(C)C)COP(=O)(O)OC[C@@H](O)COP(=O)(O)OC[C@@H](COC(=O)CCCCCCCCC)OC(=O)CCCCCCCCCC. The van der Waals surface area contributed by atoms with Gasteiger partial charge in [-0.2, -0.15) is 0 Å². The molecule has 19 heteroatoms. The summed E-state index contributed by atoms with van der Waals surface area (Å²) in [6, 6.07) is 0. The van der Waals surface area contributed by atoms with Crippen LogP contribution in [-0.4, -0.2) is 96.7 Å². The lowest BCUT2D eigenvalue weighted by Crippen LogP contribution is -2.30. The molecule has 0 rings (SSSR count). The van der Waals surface area contributed by atoms with Crippen LogP contribution in [0.15, 0.2) is 0 Å². The molecular weight excluding hydrogens is 1110 g/mol. The summed E-state index contributed by atoms with van der Waals surface area (Å²) < 4.78 is 67.9. The van der Waals surface area contributed by atoms with E-state index in [1.807, 2.05) is 0 Å². The van der Waals surface area contributed by atoms with Gasteiger partial charge in [0.25, 0.3) is 0 Å². The number of rotatable bonds is 65. The van der Waals surface area contributed by atoms with Gasteiger partial charge in [0.1, 0.15) is 19.3 Å². The first-order chi connectivity index (χ1) is 40.5. The summed E-state index contributed by atoms with van der Waals surface area (Å²) in [6.07, 6.45) is 43.3. The molecule has 84 heavy (non-hydrogen) atoms. The summed E-state index contributed by atoms with van der Waals surface area (Å²) in [7, 11) is -9.88. The predicted octanol–water partition coefficient (Wildman–Crippen LogP) is 18.2. The van der Waals surface area contributed by atoms with E-state index in [1.165, 1.54) is 135 Å². The van der Waals surface area contributed by atoms with Crippen molar-refractivity contribution in [1.82, 2.24) is 0 Å². The zero-order valence-corrected chi connectivity index (χ0v) is 55.8. The van der Waals surface area contributed by atoms with Crippen molar-refractivity contribution in [3.8, 4) is 0 Å². The van der Waals surface area contributed by atoms with Crippen LogP contribution in [0, 0.1) is 5.92 Å². The molecule has 17 nitrogen and oxygen atoms in total. The Morgan fingerprint density at radius 3 is 0.810 bits per heavy atom. The lowest BCUT2D eigenvalue weighted by Gasteiger charge is -2.21. The van der Waals surface area contributed by atoms with Gasteiger partial charge in [-0.3, -0.25) is 37.3 Å². The maximum absolute atomic E-state index is 13.0. The van der Waals surface area contributed by atoms with Gasteiger partial charge in [0.15, 0.2) is 12.2 Å². The summed E-state index contributed by atoms with van der Waals surface area (Å²) >= 11 is 0. The zero-order chi connectivity index (χ0) is 62.0. The molecule has 498 valence electrons. The van der Waals surface area contributed by atoms with Crippen LogP contribution in [0.5, 0.6) is 0 Å².